The van der Waals surface area contributed by atoms with Gasteiger partial charge in [0.05, 0.1) is 24.0 Å². The second-order valence-electron chi connectivity index (χ2n) is 6.24. The zero-order valence-electron chi connectivity index (χ0n) is 13.5. The van der Waals surface area contributed by atoms with Crippen LogP contribution in [-0.4, -0.2) is 22.6 Å². The maximum atomic E-state index is 12.6. The van der Waals surface area contributed by atoms with Crippen molar-refractivity contribution in [2.75, 3.05) is 13.1 Å². The summed E-state index contributed by atoms with van der Waals surface area (Å²) in [5, 5.41) is 0.692. The van der Waals surface area contributed by atoms with Crippen LogP contribution < -0.4 is 10.5 Å². The van der Waals surface area contributed by atoms with E-state index in [0.29, 0.717) is 12.1 Å². The molecule has 120 valence electrons. The molecule has 0 amide bonds. The van der Waals surface area contributed by atoms with Crippen LogP contribution in [0.3, 0.4) is 0 Å². The predicted octanol–water partition coefficient (Wildman–Crippen LogP) is 1.73. The van der Waals surface area contributed by atoms with E-state index in [1.165, 1.54) is 16.0 Å². The van der Waals surface area contributed by atoms with Crippen molar-refractivity contribution in [1.82, 2.24) is 9.55 Å². The second kappa shape index (κ2) is 6.42. The lowest BCUT2D eigenvalue weighted by atomic mass is 10.00. The van der Waals surface area contributed by atoms with Crippen molar-refractivity contribution in [2.24, 2.45) is 0 Å². The van der Waals surface area contributed by atoms with E-state index >= 15 is 0 Å². The number of fused-ring (bicyclic) bond motifs is 1. The third-order valence-corrected chi connectivity index (χ3v) is 4.66. The van der Waals surface area contributed by atoms with Gasteiger partial charge < -0.3 is 4.90 Å². The molecule has 0 saturated heterocycles. The Bertz CT molecular complexity index is 944. The monoisotopic (exact) mass is 318 g/mol. The van der Waals surface area contributed by atoms with Gasteiger partial charge in [0, 0.05) is 6.42 Å². The highest BCUT2D eigenvalue weighted by Crippen LogP contribution is 2.17. The molecule has 1 N–H and O–H groups in total. The zero-order valence-corrected chi connectivity index (χ0v) is 13.5. The van der Waals surface area contributed by atoms with Crippen molar-refractivity contribution >= 4 is 16.5 Å². The van der Waals surface area contributed by atoms with Gasteiger partial charge in [-0.25, -0.2) is 9.55 Å². The molecular weight excluding hydrogens is 298 g/mol. The SMILES string of the molecule is O=c1c2ccccc2ncn1C[NH+]1CC=C(c2ccccc2)CC1. The zero-order chi connectivity index (χ0) is 16.4. The van der Waals surface area contributed by atoms with E-state index in [1.54, 1.807) is 10.9 Å². The molecule has 4 nitrogen and oxygen atoms in total. The van der Waals surface area contributed by atoms with Gasteiger partial charge in [-0.3, -0.25) is 4.79 Å². The fraction of sp³-hybridized carbons (Fsp3) is 0.200. The number of benzene rings is 2. The summed E-state index contributed by atoms with van der Waals surface area (Å²) in [6.45, 7) is 2.62. The number of nitrogens with one attached hydrogen (secondary N) is 1. The van der Waals surface area contributed by atoms with Crippen LogP contribution >= 0.6 is 0 Å². The Balaban J connectivity index is 1.52. The van der Waals surface area contributed by atoms with Gasteiger partial charge in [-0.1, -0.05) is 42.5 Å². The number of aromatic nitrogens is 2. The fourth-order valence-corrected chi connectivity index (χ4v) is 3.30. The molecule has 3 aromatic rings. The second-order valence-corrected chi connectivity index (χ2v) is 6.24. The van der Waals surface area contributed by atoms with E-state index < -0.39 is 0 Å². The summed E-state index contributed by atoms with van der Waals surface area (Å²) < 4.78 is 1.74. The molecular formula is C20H20N3O+. The third kappa shape index (κ3) is 2.88. The van der Waals surface area contributed by atoms with Crippen LogP contribution in [0.25, 0.3) is 16.5 Å². The molecule has 24 heavy (non-hydrogen) atoms. The highest BCUT2D eigenvalue weighted by molar-refractivity contribution is 5.76. The van der Waals surface area contributed by atoms with Gasteiger partial charge >= 0.3 is 0 Å². The van der Waals surface area contributed by atoms with Crippen LogP contribution in [0.5, 0.6) is 0 Å². The third-order valence-electron chi connectivity index (χ3n) is 4.66. The molecule has 1 aromatic heterocycles. The molecule has 1 atom stereocenters. The molecule has 0 spiro atoms. The first kappa shape index (κ1) is 14.8. The molecule has 2 aromatic carbocycles. The molecule has 0 aliphatic carbocycles. The molecule has 4 rings (SSSR count). The van der Waals surface area contributed by atoms with Crippen LogP contribution in [0.1, 0.15) is 12.0 Å². The van der Waals surface area contributed by atoms with Gasteiger partial charge in [0.1, 0.15) is 6.33 Å². The Labute approximate surface area is 140 Å². The average molecular weight is 318 g/mol. The minimum atomic E-state index is 0.0472. The minimum absolute atomic E-state index is 0.0472. The minimum Gasteiger partial charge on any atom is -0.314 e. The average Bonchev–Trinajstić information content (AvgIpc) is 2.66. The number of hydrogen-bond donors (Lipinski definition) is 1. The summed E-state index contributed by atoms with van der Waals surface area (Å²) in [6.07, 6.45) is 5.01. The van der Waals surface area contributed by atoms with Crippen molar-refractivity contribution < 1.29 is 4.90 Å². The Morgan fingerprint density at radius 1 is 1.04 bits per heavy atom. The standard InChI is InChI=1S/C20H19N3O/c24-20-18-8-4-5-9-19(18)21-14-23(20)15-22-12-10-17(11-13-22)16-6-2-1-3-7-16/h1-10,14H,11-13,15H2/p+1. The number of nitrogens with zero attached hydrogens (tertiary/aromatic N) is 2. The first-order chi connectivity index (χ1) is 11.8. The Kier molecular flexibility index (Phi) is 3.97. The summed E-state index contributed by atoms with van der Waals surface area (Å²) >= 11 is 0. The molecule has 0 bridgehead atoms. The van der Waals surface area contributed by atoms with Crippen molar-refractivity contribution in [2.45, 2.75) is 13.1 Å². The quantitative estimate of drug-likeness (QED) is 0.799. The molecule has 2 heterocycles. The molecule has 4 heteroatoms. The number of rotatable bonds is 3. The highest BCUT2D eigenvalue weighted by atomic mass is 16.1. The van der Waals surface area contributed by atoms with E-state index in [-0.39, 0.29) is 5.56 Å². The smallest absolute Gasteiger partial charge is 0.265 e. The number of hydrogen-bond acceptors (Lipinski definition) is 2. The van der Waals surface area contributed by atoms with Crippen molar-refractivity contribution in [1.29, 1.82) is 0 Å². The normalized spacial score (nSPS) is 17.7. The van der Waals surface area contributed by atoms with Gasteiger partial charge in [0.25, 0.3) is 5.56 Å². The maximum Gasteiger partial charge on any atom is 0.265 e. The van der Waals surface area contributed by atoms with Crippen molar-refractivity contribution in [3.63, 3.8) is 0 Å². The van der Waals surface area contributed by atoms with Crippen LogP contribution in [-0.2, 0) is 6.67 Å². The van der Waals surface area contributed by atoms with E-state index in [2.05, 4.69) is 35.3 Å². The van der Waals surface area contributed by atoms with E-state index in [4.69, 9.17) is 0 Å². The van der Waals surface area contributed by atoms with Crippen LogP contribution in [0, 0.1) is 0 Å². The van der Waals surface area contributed by atoms with Gasteiger partial charge in [-0.2, -0.15) is 0 Å². The summed E-state index contributed by atoms with van der Waals surface area (Å²) in [6, 6.07) is 18.0. The van der Waals surface area contributed by atoms with Gasteiger partial charge in [-0.15, -0.1) is 0 Å². The number of para-hydroxylation sites is 1. The first-order valence-corrected chi connectivity index (χ1v) is 8.33. The lowest BCUT2D eigenvalue weighted by Gasteiger charge is -2.24. The lowest BCUT2D eigenvalue weighted by Crippen LogP contribution is -3.12. The Morgan fingerprint density at radius 3 is 2.62 bits per heavy atom. The largest absolute Gasteiger partial charge is 0.314 e. The summed E-state index contributed by atoms with van der Waals surface area (Å²) in [7, 11) is 0. The summed E-state index contributed by atoms with van der Waals surface area (Å²) in [5.41, 5.74) is 3.52. The molecule has 1 aliphatic heterocycles. The lowest BCUT2D eigenvalue weighted by molar-refractivity contribution is -0.918. The first-order valence-electron chi connectivity index (χ1n) is 8.33. The van der Waals surface area contributed by atoms with Crippen LogP contribution in [0.4, 0.5) is 0 Å². The van der Waals surface area contributed by atoms with Gasteiger partial charge in [0.15, 0.2) is 6.67 Å². The van der Waals surface area contributed by atoms with E-state index in [0.717, 1.165) is 25.0 Å². The van der Waals surface area contributed by atoms with Gasteiger partial charge in [0.2, 0.25) is 0 Å². The fourth-order valence-electron chi connectivity index (χ4n) is 3.30. The van der Waals surface area contributed by atoms with Crippen molar-refractivity contribution in [3.8, 4) is 0 Å². The Hall–Kier alpha value is -2.72. The predicted molar refractivity (Wildman–Crippen MR) is 95.7 cm³/mol. The molecule has 1 unspecified atom stereocenters. The van der Waals surface area contributed by atoms with E-state index in [9.17, 15) is 4.79 Å². The topological polar surface area (TPSA) is 39.3 Å². The van der Waals surface area contributed by atoms with Crippen LogP contribution in [0.15, 0.2) is 71.8 Å². The summed E-state index contributed by atoms with van der Waals surface area (Å²) in [5.74, 6) is 0. The van der Waals surface area contributed by atoms with Gasteiger partial charge in [-0.05, 0) is 29.3 Å². The molecule has 0 radical (unpaired) electrons. The maximum absolute atomic E-state index is 12.6. The molecule has 1 aliphatic rings. The highest BCUT2D eigenvalue weighted by Gasteiger charge is 2.17. The summed E-state index contributed by atoms with van der Waals surface area (Å²) in [4.78, 5) is 18.4. The molecule has 0 fully saturated rings. The van der Waals surface area contributed by atoms with Crippen molar-refractivity contribution in [3.05, 3.63) is 82.9 Å². The number of quaternary nitrogens is 1. The van der Waals surface area contributed by atoms with E-state index in [1.807, 2.05) is 30.3 Å². The van der Waals surface area contributed by atoms with Crippen LogP contribution in [0.2, 0.25) is 0 Å². The Morgan fingerprint density at radius 2 is 1.83 bits per heavy atom. The molecule has 0 saturated carbocycles.